The summed E-state index contributed by atoms with van der Waals surface area (Å²) >= 11 is 0. The number of hydrogen-bond acceptors (Lipinski definition) is 4. The van der Waals surface area contributed by atoms with Crippen LogP contribution in [0.5, 0.6) is 0 Å². The summed E-state index contributed by atoms with van der Waals surface area (Å²) in [6, 6.07) is 3.31. The van der Waals surface area contributed by atoms with Gasteiger partial charge in [-0.15, -0.1) is 24.8 Å². The highest BCUT2D eigenvalue weighted by molar-refractivity contribution is 5.85. The topological polar surface area (TPSA) is 65.2 Å². The van der Waals surface area contributed by atoms with Crippen molar-refractivity contribution in [3.05, 3.63) is 30.1 Å². The highest BCUT2D eigenvalue weighted by Gasteiger charge is 2.11. The van der Waals surface area contributed by atoms with E-state index < -0.39 is 0 Å². The van der Waals surface area contributed by atoms with E-state index in [1.54, 1.807) is 25.4 Å². The molecule has 4 nitrogen and oxygen atoms in total. The van der Waals surface area contributed by atoms with Gasteiger partial charge in [0.1, 0.15) is 0 Å². The van der Waals surface area contributed by atoms with Crippen LogP contribution in [0.15, 0.2) is 24.5 Å². The molecule has 92 valence electrons. The number of carbonyl (C=O) groups excluding carboxylic acids is 1. The lowest BCUT2D eigenvalue weighted by Gasteiger charge is -2.09. The number of ether oxygens (including phenoxy) is 1. The van der Waals surface area contributed by atoms with Crippen LogP contribution >= 0.6 is 24.8 Å². The van der Waals surface area contributed by atoms with Gasteiger partial charge in [0.25, 0.3) is 0 Å². The standard InChI is InChI=1S/C10H14N2O2.2ClH/c1-2-14-10(13)6-9(11)8-4-3-5-12-7-8;;/h3-5,7,9H,2,6,11H2,1H3;2*1H/t9-;;/m0../s1. The third-order valence-corrected chi connectivity index (χ3v) is 1.80. The van der Waals surface area contributed by atoms with Gasteiger partial charge < -0.3 is 10.5 Å². The zero-order valence-corrected chi connectivity index (χ0v) is 10.6. The maximum Gasteiger partial charge on any atom is 0.307 e. The van der Waals surface area contributed by atoms with Crippen LogP contribution in [0.3, 0.4) is 0 Å². The van der Waals surface area contributed by atoms with Crippen LogP contribution < -0.4 is 5.73 Å². The fourth-order valence-corrected chi connectivity index (χ4v) is 1.11. The van der Waals surface area contributed by atoms with Crippen molar-refractivity contribution in [2.45, 2.75) is 19.4 Å². The van der Waals surface area contributed by atoms with E-state index in [0.717, 1.165) is 5.56 Å². The van der Waals surface area contributed by atoms with Crippen molar-refractivity contribution in [3.63, 3.8) is 0 Å². The van der Waals surface area contributed by atoms with E-state index in [1.165, 1.54) is 0 Å². The van der Waals surface area contributed by atoms with Gasteiger partial charge in [-0.2, -0.15) is 0 Å². The molecule has 0 saturated carbocycles. The molecular weight excluding hydrogens is 251 g/mol. The van der Waals surface area contributed by atoms with Crippen molar-refractivity contribution in [2.75, 3.05) is 6.61 Å². The number of nitrogens with two attached hydrogens (primary N) is 1. The molecule has 1 heterocycles. The predicted molar refractivity (Wildman–Crippen MR) is 66.9 cm³/mol. The Kier molecular flexibility index (Phi) is 10.3. The minimum atomic E-state index is -0.331. The lowest BCUT2D eigenvalue weighted by atomic mass is 10.1. The number of hydrogen-bond donors (Lipinski definition) is 1. The number of halogens is 2. The monoisotopic (exact) mass is 266 g/mol. The van der Waals surface area contributed by atoms with Crippen LogP contribution in [-0.4, -0.2) is 17.6 Å². The molecule has 0 spiro atoms. The van der Waals surface area contributed by atoms with Crippen LogP contribution in [-0.2, 0) is 9.53 Å². The first-order valence-electron chi connectivity index (χ1n) is 4.55. The molecule has 0 radical (unpaired) electrons. The van der Waals surface area contributed by atoms with Crippen molar-refractivity contribution >= 4 is 30.8 Å². The molecule has 0 fully saturated rings. The molecule has 1 aromatic heterocycles. The number of aromatic nitrogens is 1. The summed E-state index contributed by atoms with van der Waals surface area (Å²) in [5.74, 6) is -0.274. The van der Waals surface area contributed by atoms with Gasteiger partial charge in [-0.3, -0.25) is 9.78 Å². The van der Waals surface area contributed by atoms with Crippen molar-refractivity contribution in [1.82, 2.24) is 4.98 Å². The first-order chi connectivity index (χ1) is 6.74. The molecule has 0 aliphatic rings. The molecule has 2 N–H and O–H groups in total. The van der Waals surface area contributed by atoms with Crippen LogP contribution in [0.4, 0.5) is 0 Å². The normalized spacial score (nSPS) is 10.6. The fourth-order valence-electron chi connectivity index (χ4n) is 1.11. The van der Waals surface area contributed by atoms with Gasteiger partial charge in [0.2, 0.25) is 0 Å². The van der Waals surface area contributed by atoms with E-state index in [2.05, 4.69) is 4.98 Å². The summed E-state index contributed by atoms with van der Waals surface area (Å²) < 4.78 is 4.79. The van der Waals surface area contributed by atoms with E-state index in [4.69, 9.17) is 10.5 Å². The first kappa shape index (κ1) is 17.6. The number of esters is 1. The Bertz CT molecular complexity index is 296. The summed E-state index contributed by atoms with van der Waals surface area (Å²) in [7, 11) is 0. The van der Waals surface area contributed by atoms with Crippen LogP contribution in [0.25, 0.3) is 0 Å². The lowest BCUT2D eigenvalue weighted by Crippen LogP contribution is -2.17. The maximum atomic E-state index is 11.1. The largest absolute Gasteiger partial charge is 0.466 e. The second-order valence-corrected chi connectivity index (χ2v) is 2.90. The molecule has 0 aliphatic heterocycles. The zero-order valence-electron chi connectivity index (χ0n) is 8.96. The Labute approximate surface area is 107 Å². The molecule has 0 aliphatic carbocycles. The molecule has 0 unspecified atom stereocenters. The lowest BCUT2D eigenvalue weighted by molar-refractivity contribution is -0.143. The summed E-state index contributed by atoms with van der Waals surface area (Å²) in [4.78, 5) is 15.0. The van der Waals surface area contributed by atoms with E-state index in [0.29, 0.717) is 6.61 Å². The Morgan fingerprint density at radius 1 is 1.56 bits per heavy atom. The van der Waals surface area contributed by atoms with Gasteiger partial charge in [0, 0.05) is 18.4 Å². The molecule has 0 amide bonds. The summed E-state index contributed by atoms with van der Waals surface area (Å²) in [5.41, 5.74) is 6.63. The quantitative estimate of drug-likeness (QED) is 0.846. The van der Waals surface area contributed by atoms with E-state index >= 15 is 0 Å². The van der Waals surface area contributed by atoms with Crippen molar-refractivity contribution in [1.29, 1.82) is 0 Å². The van der Waals surface area contributed by atoms with Crippen molar-refractivity contribution < 1.29 is 9.53 Å². The summed E-state index contributed by atoms with van der Waals surface area (Å²) in [5, 5.41) is 0. The van der Waals surface area contributed by atoms with Gasteiger partial charge in [-0.05, 0) is 18.6 Å². The molecule has 1 atom stereocenters. The minimum absolute atomic E-state index is 0. The SMILES string of the molecule is CCOC(=O)C[C@H](N)c1cccnc1.Cl.Cl. The Balaban J connectivity index is 0. The van der Waals surface area contributed by atoms with E-state index in [1.807, 2.05) is 6.07 Å². The van der Waals surface area contributed by atoms with Crippen molar-refractivity contribution in [3.8, 4) is 0 Å². The molecule has 0 saturated heterocycles. The number of nitrogens with zero attached hydrogens (tertiary/aromatic N) is 1. The second-order valence-electron chi connectivity index (χ2n) is 2.90. The molecule has 1 aromatic rings. The number of rotatable bonds is 4. The highest BCUT2D eigenvalue weighted by Crippen LogP contribution is 2.12. The van der Waals surface area contributed by atoms with Crippen LogP contribution in [0.2, 0.25) is 0 Å². The van der Waals surface area contributed by atoms with Gasteiger partial charge in [0.05, 0.1) is 13.0 Å². The smallest absolute Gasteiger partial charge is 0.307 e. The molecular formula is C10H16Cl2N2O2. The molecule has 1 rings (SSSR count). The fraction of sp³-hybridized carbons (Fsp3) is 0.400. The van der Waals surface area contributed by atoms with Gasteiger partial charge in [-0.25, -0.2) is 0 Å². The Hall–Kier alpha value is -0.840. The number of pyridine rings is 1. The summed E-state index contributed by atoms with van der Waals surface area (Å²) in [6.07, 6.45) is 3.52. The highest BCUT2D eigenvalue weighted by atomic mass is 35.5. The van der Waals surface area contributed by atoms with Gasteiger partial charge in [0.15, 0.2) is 0 Å². The summed E-state index contributed by atoms with van der Waals surface area (Å²) in [6.45, 7) is 2.16. The Morgan fingerprint density at radius 3 is 2.75 bits per heavy atom. The molecule has 0 bridgehead atoms. The second kappa shape index (κ2) is 9.39. The third-order valence-electron chi connectivity index (χ3n) is 1.80. The average Bonchev–Trinajstić information content (AvgIpc) is 2.19. The van der Waals surface area contributed by atoms with Crippen LogP contribution in [0, 0.1) is 0 Å². The predicted octanol–water partition coefficient (Wildman–Crippen LogP) is 1.88. The first-order valence-corrected chi connectivity index (χ1v) is 4.55. The van der Waals surface area contributed by atoms with Gasteiger partial charge in [-0.1, -0.05) is 6.07 Å². The van der Waals surface area contributed by atoms with Crippen molar-refractivity contribution in [2.24, 2.45) is 5.73 Å². The molecule has 16 heavy (non-hydrogen) atoms. The van der Waals surface area contributed by atoms with E-state index in [-0.39, 0.29) is 43.2 Å². The molecule has 6 heteroatoms. The number of carbonyl (C=O) groups is 1. The average molecular weight is 267 g/mol. The third kappa shape index (κ3) is 5.90. The van der Waals surface area contributed by atoms with Gasteiger partial charge >= 0.3 is 5.97 Å². The maximum absolute atomic E-state index is 11.1. The zero-order chi connectivity index (χ0) is 10.4. The molecule has 0 aromatic carbocycles. The Morgan fingerprint density at radius 2 is 2.25 bits per heavy atom. The van der Waals surface area contributed by atoms with E-state index in [9.17, 15) is 4.79 Å². The van der Waals surface area contributed by atoms with Crippen LogP contribution in [0.1, 0.15) is 24.9 Å². The minimum Gasteiger partial charge on any atom is -0.466 e.